The van der Waals surface area contributed by atoms with Gasteiger partial charge in [0.2, 0.25) is 0 Å². The van der Waals surface area contributed by atoms with E-state index in [1.54, 1.807) is 6.07 Å². The largest absolute Gasteiger partial charge is 0.475 e. The Kier molecular flexibility index (Phi) is 6.51. The molecular formula is C16H23N3O5. The van der Waals surface area contributed by atoms with Gasteiger partial charge in [0.25, 0.3) is 0 Å². The number of methoxy groups -OCH3 is 1. The number of nitro benzene ring substituents is 1. The van der Waals surface area contributed by atoms with Crippen LogP contribution in [-0.2, 0) is 16.1 Å². The van der Waals surface area contributed by atoms with E-state index in [-0.39, 0.29) is 18.0 Å². The molecule has 2 rings (SSSR count). The first kappa shape index (κ1) is 18.2. The van der Waals surface area contributed by atoms with E-state index in [4.69, 9.17) is 10.5 Å². The summed E-state index contributed by atoms with van der Waals surface area (Å²) in [5, 5.41) is 11.2. The summed E-state index contributed by atoms with van der Waals surface area (Å²) in [4.78, 5) is 24.1. The monoisotopic (exact) mass is 337 g/mol. The molecule has 8 nitrogen and oxygen atoms in total. The first-order chi connectivity index (χ1) is 11.5. The minimum Gasteiger partial charge on any atom is -0.475 e. The molecule has 0 aliphatic carbocycles. The van der Waals surface area contributed by atoms with Crippen molar-refractivity contribution in [2.24, 2.45) is 11.7 Å². The number of esters is 1. The average Bonchev–Trinajstić information content (AvgIpc) is 2.60. The molecule has 1 saturated heterocycles. The van der Waals surface area contributed by atoms with E-state index in [0.29, 0.717) is 19.0 Å². The Balaban J connectivity index is 2.02. The molecule has 0 saturated carbocycles. The normalized spacial score (nSPS) is 15.9. The number of carbonyl (C=O) groups excluding carboxylic acids is 1. The molecule has 24 heavy (non-hydrogen) atoms. The highest BCUT2D eigenvalue weighted by Gasteiger charge is 2.21. The number of nitrogens with zero attached hydrogens (tertiary/aromatic N) is 2. The molecule has 1 aromatic rings. The number of likely N-dealkylation sites (tertiary alicyclic amines) is 1. The molecule has 1 aliphatic rings. The molecule has 1 aliphatic heterocycles. The number of nitro groups is 1. The predicted molar refractivity (Wildman–Crippen MR) is 87.7 cm³/mol. The summed E-state index contributed by atoms with van der Waals surface area (Å²) < 4.78 is 9.65. The lowest BCUT2D eigenvalue weighted by molar-refractivity contribution is -0.385. The van der Waals surface area contributed by atoms with Gasteiger partial charge in [-0.3, -0.25) is 15.0 Å². The number of nitrogens with two attached hydrogens (primary N) is 1. The maximum absolute atomic E-state index is 11.2. The van der Waals surface area contributed by atoms with E-state index in [1.165, 1.54) is 19.2 Å². The molecule has 0 atom stereocenters. The van der Waals surface area contributed by atoms with Crippen LogP contribution in [0.15, 0.2) is 18.2 Å². The van der Waals surface area contributed by atoms with Crippen LogP contribution >= 0.6 is 0 Å². The third-order valence-electron chi connectivity index (χ3n) is 4.24. The van der Waals surface area contributed by atoms with Gasteiger partial charge in [-0.25, -0.2) is 4.79 Å². The zero-order valence-electron chi connectivity index (χ0n) is 13.8. The molecule has 2 N–H and O–H groups in total. The van der Waals surface area contributed by atoms with Crippen LogP contribution < -0.4 is 10.5 Å². The molecule has 0 radical (unpaired) electrons. The van der Waals surface area contributed by atoms with Crippen LogP contribution in [0.25, 0.3) is 0 Å². The molecule has 132 valence electrons. The third kappa shape index (κ3) is 4.90. The number of rotatable bonds is 7. The lowest BCUT2D eigenvalue weighted by atomic mass is 9.97. The van der Waals surface area contributed by atoms with Crippen LogP contribution in [0.3, 0.4) is 0 Å². The van der Waals surface area contributed by atoms with Gasteiger partial charge in [0.1, 0.15) is 0 Å². The molecule has 0 bridgehead atoms. The highest BCUT2D eigenvalue weighted by Crippen LogP contribution is 2.29. The summed E-state index contributed by atoms with van der Waals surface area (Å²) in [6.45, 7) is 2.89. The van der Waals surface area contributed by atoms with E-state index in [1.807, 2.05) is 0 Å². The van der Waals surface area contributed by atoms with Gasteiger partial charge in [0.15, 0.2) is 12.4 Å². The van der Waals surface area contributed by atoms with Crippen molar-refractivity contribution in [1.82, 2.24) is 4.90 Å². The Morgan fingerprint density at radius 3 is 2.71 bits per heavy atom. The van der Waals surface area contributed by atoms with Crippen molar-refractivity contribution in [2.45, 2.75) is 19.4 Å². The molecule has 1 fully saturated rings. The zero-order valence-corrected chi connectivity index (χ0v) is 13.8. The summed E-state index contributed by atoms with van der Waals surface area (Å²) in [7, 11) is 1.23. The van der Waals surface area contributed by atoms with E-state index in [9.17, 15) is 14.9 Å². The summed E-state index contributed by atoms with van der Waals surface area (Å²) in [6, 6.07) is 4.82. The molecular weight excluding hydrogens is 314 g/mol. The molecule has 1 aromatic carbocycles. The number of benzene rings is 1. The van der Waals surface area contributed by atoms with Crippen molar-refractivity contribution in [3.8, 4) is 5.75 Å². The summed E-state index contributed by atoms with van der Waals surface area (Å²) in [5.74, 6) is 0.0526. The van der Waals surface area contributed by atoms with Gasteiger partial charge >= 0.3 is 11.7 Å². The van der Waals surface area contributed by atoms with Gasteiger partial charge in [-0.15, -0.1) is 0 Å². The smallest absolute Gasteiger partial charge is 0.343 e. The molecule has 0 unspecified atom stereocenters. The maximum Gasteiger partial charge on any atom is 0.343 e. The molecule has 1 heterocycles. The predicted octanol–water partition coefficient (Wildman–Crippen LogP) is 1.32. The van der Waals surface area contributed by atoms with Gasteiger partial charge in [-0.1, -0.05) is 6.07 Å². The van der Waals surface area contributed by atoms with Crippen LogP contribution in [-0.4, -0.2) is 49.1 Å². The van der Waals surface area contributed by atoms with Gasteiger partial charge in [-0.2, -0.15) is 0 Å². The standard InChI is InChI=1S/C16H23N3O5/c1-23-16(20)11-24-15-3-2-13(8-14(15)19(21)22)10-18-6-4-12(9-17)5-7-18/h2-3,8,12H,4-7,9-11,17H2,1H3. The summed E-state index contributed by atoms with van der Waals surface area (Å²) in [6.07, 6.45) is 2.11. The van der Waals surface area contributed by atoms with Crippen molar-refractivity contribution in [3.05, 3.63) is 33.9 Å². The Labute approximate surface area is 140 Å². The van der Waals surface area contributed by atoms with Crippen LogP contribution in [0.5, 0.6) is 5.75 Å². The van der Waals surface area contributed by atoms with Gasteiger partial charge in [0.05, 0.1) is 12.0 Å². The SMILES string of the molecule is COC(=O)COc1ccc(CN2CCC(CN)CC2)cc1[N+](=O)[O-]. The Morgan fingerprint density at radius 2 is 2.12 bits per heavy atom. The molecule has 0 aromatic heterocycles. The van der Waals surface area contributed by atoms with Crippen molar-refractivity contribution < 1.29 is 19.2 Å². The zero-order chi connectivity index (χ0) is 17.5. The number of ether oxygens (including phenoxy) is 2. The van der Waals surface area contributed by atoms with Crippen LogP contribution in [0.1, 0.15) is 18.4 Å². The van der Waals surface area contributed by atoms with Crippen molar-refractivity contribution in [3.63, 3.8) is 0 Å². The van der Waals surface area contributed by atoms with E-state index in [2.05, 4.69) is 9.64 Å². The van der Waals surface area contributed by atoms with Crippen molar-refractivity contribution in [1.29, 1.82) is 0 Å². The fraction of sp³-hybridized carbons (Fsp3) is 0.562. The third-order valence-corrected chi connectivity index (χ3v) is 4.24. The number of hydrogen-bond acceptors (Lipinski definition) is 7. The summed E-state index contributed by atoms with van der Waals surface area (Å²) in [5.41, 5.74) is 6.39. The van der Waals surface area contributed by atoms with Crippen LogP contribution in [0.2, 0.25) is 0 Å². The fourth-order valence-corrected chi connectivity index (χ4v) is 2.76. The average molecular weight is 337 g/mol. The molecule has 0 spiro atoms. The fourth-order valence-electron chi connectivity index (χ4n) is 2.76. The lowest BCUT2D eigenvalue weighted by Crippen LogP contribution is -2.35. The van der Waals surface area contributed by atoms with Gasteiger partial charge < -0.3 is 15.2 Å². The highest BCUT2D eigenvalue weighted by molar-refractivity contribution is 5.71. The Morgan fingerprint density at radius 1 is 1.42 bits per heavy atom. The van der Waals surface area contributed by atoms with Crippen molar-refractivity contribution in [2.75, 3.05) is 33.4 Å². The Hall–Kier alpha value is -2.19. The first-order valence-electron chi connectivity index (χ1n) is 7.92. The Bertz CT molecular complexity index is 585. The minimum atomic E-state index is -0.587. The van der Waals surface area contributed by atoms with Crippen molar-refractivity contribution >= 4 is 11.7 Å². The minimum absolute atomic E-state index is 0.0657. The van der Waals surface area contributed by atoms with E-state index >= 15 is 0 Å². The lowest BCUT2D eigenvalue weighted by Gasteiger charge is -2.31. The topological polar surface area (TPSA) is 108 Å². The van der Waals surface area contributed by atoms with Gasteiger partial charge in [0, 0.05) is 12.6 Å². The molecule has 8 heteroatoms. The number of piperidine rings is 1. The van der Waals surface area contributed by atoms with E-state index < -0.39 is 10.9 Å². The second-order valence-corrected chi connectivity index (χ2v) is 5.88. The molecule has 0 amide bonds. The van der Waals surface area contributed by atoms with Crippen LogP contribution in [0, 0.1) is 16.0 Å². The van der Waals surface area contributed by atoms with Crippen LogP contribution in [0.4, 0.5) is 5.69 Å². The number of hydrogen-bond donors (Lipinski definition) is 1. The quantitative estimate of drug-likeness (QED) is 0.454. The van der Waals surface area contributed by atoms with Gasteiger partial charge in [-0.05, 0) is 50.0 Å². The second kappa shape index (κ2) is 8.60. The summed E-state index contributed by atoms with van der Waals surface area (Å²) >= 11 is 0. The number of carbonyl (C=O) groups is 1. The first-order valence-corrected chi connectivity index (χ1v) is 7.92. The maximum atomic E-state index is 11.2. The highest BCUT2D eigenvalue weighted by atomic mass is 16.6. The van der Waals surface area contributed by atoms with E-state index in [0.717, 1.165) is 31.5 Å². The second-order valence-electron chi connectivity index (χ2n) is 5.88.